The van der Waals surface area contributed by atoms with Crippen molar-refractivity contribution in [3.63, 3.8) is 0 Å². The van der Waals surface area contributed by atoms with Gasteiger partial charge < -0.3 is 0 Å². The first-order valence-corrected chi connectivity index (χ1v) is 5.14. The predicted molar refractivity (Wildman–Crippen MR) is 33.4 cm³/mol. The standard InChI is InChI=1S/C3H4F3O4PS/c1-12(8,9)10-2(11-7)3(4,5)6/h2H,1H3. The van der Waals surface area contributed by atoms with Gasteiger partial charge in [-0.25, -0.2) is 4.18 Å². The molecular weight excluding hydrogens is 220 g/mol. The van der Waals surface area contributed by atoms with Crippen molar-refractivity contribution in [1.82, 2.24) is 0 Å². The summed E-state index contributed by atoms with van der Waals surface area (Å²) in [5.41, 5.74) is 0. The molecule has 0 saturated heterocycles. The van der Waals surface area contributed by atoms with Crippen LogP contribution in [0.3, 0.4) is 0 Å². The van der Waals surface area contributed by atoms with E-state index in [1.165, 1.54) is 0 Å². The van der Waals surface area contributed by atoms with Gasteiger partial charge in [-0.15, -0.1) is 0 Å². The Bertz CT molecular complexity index is 257. The zero-order valence-electron chi connectivity index (χ0n) is 5.70. The van der Waals surface area contributed by atoms with Crippen LogP contribution in [0.25, 0.3) is 0 Å². The Morgan fingerprint density at radius 1 is 1.42 bits per heavy atom. The van der Waals surface area contributed by atoms with Crippen molar-refractivity contribution in [2.75, 3.05) is 6.26 Å². The Kier molecular flexibility index (Phi) is 3.61. The van der Waals surface area contributed by atoms with Crippen LogP contribution in [0, 0.1) is 0 Å². The molecule has 0 radical (unpaired) electrons. The maximum Gasteiger partial charge on any atom is 0.427 e. The zero-order chi connectivity index (χ0) is 9.99. The van der Waals surface area contributed by atoms with E-state index in [0.29, 0.717) is 6.26 Å². The Hall–Kier alpha value is -0.200. The van der Waals surface area contributed by atoms with Gasteiger partial charge in [-0.1, -0.05) is 0 Å². The van der Waals surface area contributed by atoms with E-state index < -0.39 is 30.6 Å². The molecule has 0 heterocycles. The molecule has 0 rings (SSSR count). The molecule has 12 heavy (non-hydrogen) atoms. The van der Waals surface area contributed by atoms with Gasteiger partial charge in [-0.05, 0) is 0 Å². The Morgan fingerprint density at radius 3 is 1.92 bits per heavy atom. The van der Waals surface area contributed by atoms with E-state index in [9.17, 15) is 26.2 Å². The summed E-state index contributed by atoms with van der Waals surface area (Å²) >= 11 is 0. The second-order valence-corrected chi connectivity index (χ2v) is 4.08. The number of hydrogen-bond donors (Lipinski definition) is 0. The quantitative estimate of drug-likeness (QED) is 0.532. The van der Waals surface area contributed by atoms with Crippen LogP contribution in [0.5, 0.6) is 0 Å². The first-order chi connectivity index (χ1) is 5.17. The fourth-order valence-electron chi connectivity index (χ4n) is 0.297. The summed E-state index contributed by atoms with van der Waals surface area (Å²) in [7, 11) is -5.68. The lowest BCUT2D eigenvalue weighted by Crippen LogP contribution is -2.28. The maximum atomic E-state index is 11.7. The summed E-state index contributed by atoms with van der Waals surface area (Å²) in [4.78, 5) is 0. The minimum Gasteiger partial charge on any atom is -0.272 e. The van der Waals surface area contributed by atoms with Gasteiger partial charge in [-0.2, -0.15) is 21.6 Å². The summed E-state index contributed by atoms with van der Waals surface area (Å²) in [6.45, 7) is 0. The van der Waals surface area contributed by atoms with Crippen LogP contribution < -0.4 is 0 Å². The minimum absolute atomic E-state index is 0.441. The molecule has 72 valence electrons. The fraction of sp³-hybridized carbons (Fsp3) is 1.00. The number of halogens is 3. The molecule has 0 bridgehead atoms. The summed E-state index contributed by atoms with van der Waals surface area (Å²) in [6, 6.07) is 0. The molecule has 0 spiro atoms. The number of rotatable bonds is 3. The third-order valence-electron chi connectivity index (χ3n) is 0.642. The van der Waals surface area contributed by atoms with Crippen LogP contribution in [-0.2, 0) is 18.9 Å². The molecule has 1 unspecified atom stereocenters. The monoisotopic (exact) mass is 224 g/mol. The third kappa shape index (κ3) is 4.63. The molecule has 0 fully saturated rings. The van der Waals surface area contributed by atoms with Crippen molar-refractivity contribution >= 4 is 18.6 Å². The Morgan fingerprint density at radius 2 is 1.83 bits per heavy atom. The lowest BCUT2D eigenvalue weighted by Gasteiger charge is -2.11. The molecular formula is C3H4F3O4PS. The fourth-order valence-corrected chi connectivity index (χ4v) is 1.47. The van der Waals surface area contributed by atoms with Crippen molar-refractivity contribution < 1.29 is 30.3 Å². The van der Waals surface area contributed by atoms with E-state index in [4.69, 9.17) is 0 Å². The highest BCUT2D eigenvalue weighted by atomic mass is 32.2. The van der Waals surface area contributed by atoms with Crippen molar-refractivity contribution in [2.24, 2.45) is 0 Å². The lowest BCUT2D eigenvalue weighted by molar-refractivity contribution is -0.166. The van der Waals surface area contributed by atoms with Gasteiger partial charge in [0.05, 0.1) is 6.26 Å². The molecule has 0 aliphatic rings. The average Bonchev–Trinajstić information content (AvgIpc) is 1.78. The van der Waals surface area contributed by atoms with Crippen LogP contribution in [0.15, 0.2) is 0 Å². The summed E-state index contributed by atoms with van der Waals surface area (Å²) in [6.07, 6.45) is -4.51. The average molecular weight is 224 g/mol. The smallest absolute Gasteiger partial charge is 0.272 e. The summed E-state index contributed by atoms with van der Waals surface area (Å²) in [5.74, 6) is -2.81. The van der Waals surface area contributed by atoms with E-state index >= 15 is 0 Å². The second kappa shape index (κ2) is 3.68. The van der Waals surface area contributed by atoms with Crippen LogP contribution in [0.4, 0.5) is 13.2 Å². The summed E-state index contributed by atoms with van der Waals surface area (Å²) < 4.78 is 68.6. The van der Waals surface area contributed by atoms with Crippen LogP contribution in [0.2, 0.25) is 0 Å². The van der Waals surface area contributed by atoms with Gasteiger partial charge in [-0.3, -0.25) is 4.57 Å². The molecule has 4 nitrogen and oxygen atoms in total. The van der Waals surface area contributed by atoms with E-state index in [0.717, 1.165) is 0 Å². The highest BCUT2D eigenvalue weighted by Crippen LogP contribution is 2.30. The highest BCUT2D eigenvalue weighted by molar-refractivity contribution is 7.86. The normalized spacial score (nSPS) is 16.3. The van der Waals surface area contributed by atoms with Gasteiger partial charge in [0.2, 0.25) is 0 Å². The van der Waals surface area contributed by atoms with Gasteiger partial charge in [0.1, 0.15) is 0 Å². The van der Waals surface area contributed by atoms with Gasteiger partial charge in [0.25, 0.3) is 16.0 Å². The molecule has 0 aromatic carbocycles. The summed E-state index contributed by atoms with van der Waals surface area (Å²) in [5, 5.41) is 0. The van der Waals surface area contributed by atoms with Gasteiger partial charge >= 0.3 is 6.18 Å². The Balaban J connectivity index is 4.51. The predicted octanol–water partition coefficient (Wildman–Crippen LogP) is 1.14. The SMILES string of the molecule is CS(=O)(=O)OC(P=O)C(F)(F)F. The molecule has 0 aliphatic heterocycles. The van der Waals surface area contributed by atoms with Crippen molar-refractivity contribution in [3.05, 3.63) is 0 Å². The highest BCUT2D eigenvalue weighted by Gasteiger charge is 2.44. The van der Waals surface area contributed by atoms with Gasteiger partial charge in [0.15, 0.2) is 8.46 Å². The molecule has 0 aliphatic carbocycles. The molecule has 0 amide bonds. The largest absolute Gasteiger partial charge is 0.427 e. The molecule has 0 saturated carbocycles. The third-order valence-corrected chi connectivity index (χ3v) is 1.92. The van der Waals surface area contributed by atoms with E-state index in [1.807, 2.05) is 0 Å². The van der Waals surface area contributed by atoms with Crippen LogP contribution in [-0.4, -0.2) is 26.7 Å². The first-order valence-electron chi connectivity index (χ1n) is 2.44. The van der Waals surface area contributed by atoms with Crippen molar-refractivity contribution in [1.29, 1.82) is 0 Å². The zero-order valence-corrected chi connectivity index (χ0v) is 7.41. The van der Waals surface area contributed by atoms with Crippen LogP contribution >= 0.6 is 8.46 Å². The maximum absolute atomic E-state index is 11.7. The van der Waals surface area contributed by atoms with E-state index in [1.54, 1.807) is 0 Å². The minimum atomic E-state index is -4.95. The van der Waals surface area contributed by atoms with Crippen LogP contribution in [0.1, 0.15) is 0 Å². The number of hydrogen-bond acceptors (Lipinski definition) is 4. The van der Waals surface area contributed by atoms with Crippen molar-refractivity contribution in [2.45, 2.75) is 12.0 Å². The molecule has 0 aromatic heterocycles. The second-order valence-electron chi connectivity index (χ2n) is 1.80. The molecule has 1 atom stereocenters. The molecule has 0 aromatic rings. The van der Waals surface area contributed by atoms with Crippen molar-refractivity contribution in [3.8, 4) is 0 Å². The molecule has 0 N–H and O–H groups in total. The number of alkyl halides is 3. The first kappa shape index (κ1) is 11.8. The van der Waals surface area contributed by atoms with Gasteiger partial charge in [0, 0.05) is 0 Å². The lowest BCUT2D eigenvalue weighted by atomic mass is 10.7. The van der Waals surface area contributed by atoms with E-state index in [-0.39, 0.29) is 0 Å². The Labute approximate surface area is 68.0 Å². The van der Waals surface area contributed by atoms with E-state index in [2.05, 4.69) is 4.18 Å². The topological polar surface area (TPSA) is 60.4 Å². The molecule has 9 heteroatoms.